The summed E-state index contributed by atoms with van der Waals surface area (Å²) in [5.74, 6) is -1.29. The number of esters is 3. The largest absolute Gasteiger partial charge is 0.462 e. The molecule has 4 fully saturated rings. The summed E-state index contributed by atoms with van der Waals surface area (Å²) in [4.78, 5) is 54.3. The Morgan fingerprint density at radius 3 is 2.14 bits per heavy atom. The third-order valence-corrected chi connectivity index (χ3v) is 12.0. The zero-order chi connectivity index (χ0) is 31.3. The highest BCUT2D eigenvalue weighted by molar-refractivity contribution is 5.80. The molecular formula is C35H49NO7. The van der Waals surface area contributed by atoms with Crippen LogP contribution in [-0.2, 0) is 39.8 Å². The normalized spacial score (nSPS) is 40.0. The molecule has 0 unspecified atom stereocenters. The summed E-state index contributed by atoms with van der Waals surface area (Å²) < 4.78 is 18.9. The van der Waals surface area contributed by atoms with Gasteiger partial charge in [-0.3, -0.25) is 19.2 Å². The fraction of sp³-hybridized carbons (Fsp3) is 0.714. The van der Waals surface area contributed by atoms with E-state index in [0.29, 0.717) is 18.9 Å². The molecule has 8 heteroatoms. The van der Waals surface area contributed by atoms with E-state index in [1.54, 1.807) is 6.92 Å². The van der Waals surface area contributed by atoms with Crippen LogP contribution in [0.2, 0.25) is 0 Å². The third kappa shape index (κ3) is 5.65. The van der Waals surface area contributed by atoms with Crippen LogP contribution in [0.1, 0.15) is 78.7 Å². The first kappa shape index (κ1) is 31.7. The van der Waals surface area contributed by atoms with Gasteiger partial charge in [0.1, 0.15) is 24.1 Å². The molecule has 0 saturated heterocycles. The van der Waals surface area contributed by atoms with Gasteiger partial charge in [0.25, 0.3) is 0 Å². The van der Waals surface area contributed by atoms with Gasteiger partial charge in [0, 0.05) is 43.1 Å². The second-order valence-corrected chi connectivity index (χ2v) is 14.4. The van der Waals surface area contributed by atoms with Crippen LogP contribution in [-0.4, -0.2) is 67.0 Å². The number of benzene rings is 1. The average molecular weight is 596 g/mol. The van der Waals surface area contributed by atoms with Crippen molar-refractivity contribution in [2.75, 3.05) is 14.1 Å². The zero-order valence-electron chi connectivity index (χ0n) is 26.8. The lowest BCUT2D eigenvalue weighted by Gasteiger charge is -2.65. The first-order chi connectivity index (χ1) is 20.3. The summed E-state index contributed by atoms with van der Waals surface area (Å²) >= 11 is 0. The fourth-order valence-electron chi connectivity index (χ4n) is 10.2. The van der Waals surface area contributed by atoms with Crippen molar-refractivity contribution in [1.82, 2.24) is 4.90 Å². The van der Waals surface area contributed by atoms with E-state index in [-0.39, 0.29) is 65.3 Å². The zero-order valence-corrected chi connectivity index (χ0v) is 26.8. The maximum Gasteiger partial charge on any atom is 0.310 e. The topological polar surface area (TPSA) is 99.2 Å². The van der Waals surface area contributed by atoms with Crippen molar-refractivity contribution in [3.05, 3.63) is 35.9 Å². The molecule has 4 aliphatic carbocycles. The molecular weight excluding hydrogens is 546 g/mol. The number of ether oxygens (including phenoxy) is 3. The van der Waals surface area contributed by atoms with Crippen LogP contribution in [0.25, 0.3) is 0 Å². The molecule has 0 aliphatic heterocycles. The van der Waals surface area contributed by atoms with E-state index < -0.39 is 23.6 Å². The van der Waals surface area contributed by atoms with Crippen molar-refractivity contribution in [1.29, 1.82) is 0 Å². The molecule has 0 heterocycles. The van der Waals surface area contributed by atoms with Gasteiger partial charge in [-0.15, -0.1) is 0 Å². The summed E-state index contributed by atoms with van der Waals surface area (Å²) in [6.45, 7) is 8.84. The molecule has 5 rings (SSSR count). The van der Waals surface area contributed by atoms with Crippen molar-refractivity contribution < 1.29 is 33.4 Å². The molecule has 0 aromatic heterocycles. The van der Waals surface area contributed by atoms with Crippen LogP contribution < -0.4 is 0 Å². The van der Waals surface area contributed by atoms with Crippen LogP contribution in [0.15, 0.2) is 30.3 Å². The highest BCUT2D eigenvalue weighted by atomic mass is 16.6. The van der Waals surface area contributed by atoms with Crippen molar-refractivity contribution in [2.45, 2.75) is 104 Å². The number of hydrogen-bond acceptors (Lipinski definition) is 8. The van der Waals surface area contributed by atoms with Gasteiger partial charge in [0.2, 0.25) is 0 Å². The number of carbonyl (C=O) groups is 4. The molecule has 0 amide bonds. The van der Waals surface area contributed by atoms with Crippen molar-refractivity contribution >= 4 is 23.7 Å². The molecule has 8 nitrogen and oxygen atoms in total. The van der Waals surface area contributed by atoms with Gasteiger partial charge in [0.15, 0.2) is 0 Å². The monoisotopic (exact) mass is 595 g/mol. The lowest BCUT2D eigenvalue weighted by molar-refractivity contribution is -0.258. The molecule has 0 radical (unpaired) electrons. The van der Waals surface area contributed by atoms with Crippen LogP contribution in [0.3, 0.4) is 0 Å². The average Bonchev–Trinajstić information content (AvgIpc) is 3.28. The van der Waals surface area contributed by atoms with Crippen molar-refractivity contribution in [2.24, 2.45) is 40.4 Å². The van der Waals surface area contributed by atoms with E-state index >= 15 is 0 Å². The van der Waals surface area contributed by atoms with Gasteiger partial charge in [-0.1, -0.05) is 44.2 Å². The second-order valence-electron chi connectivity index (χ2n) is 14.4. The highest BCUT2D eigenvalue weighted by Gasteiger charge is 2.71. The van der Waals surface area contributed by atoms with E-state index in [4.69, 9.17) is 14.2 Å². The lowest BCUT2D eigenvalue weighted by Crippen LogP contribution is -2.69. The Hall–Kier alpha value is -2.74. The molecule has 0 bridgehead atoms. The SMILES string of the molecule is CC(=O)O[C@@H]1[C@@H](OC(=O)Cc2ccccc2)[C@H]2[C@@H](C[C@@H](OC(C)=O)[C@H]3C[C@@H](N(C)C)CC[C@]23C)[C@@H]2CC[C@H](C(C)=O)[C@@]12C. The molecule has 236 valence electrons. The van der Waals surface area contributed by atoms with E-state index in [2.05, 4.69) is 32.8 Å². The van der Waals surface area contributed by atoms with E-state index in [1.807, 2.05) is 30.3 Å². The van der Waals surface area contributed by atoms with Crippen LogP contribution in [0, 0.1) is 40.4 Å². The minimum atomic E-state index is -0.748. The predicted octanol–water partition coefficient (Wildman–Crippen LogP) is 5.01. The Balaban J connectivity index is 1.63. The number of ketones is 1. The standard InChI is InChI=1S/C35H49NO7/c1-20(37)26-13-14-27-25-19-29(41-21(2)38)28-18-24(36(6)7)15-16-34(28,4)31(25)32(33(35(26,27)5)42-22(3)39)43-30(40)17-23-11-9-8-10-12-23/h8-12,24-29,31-33H,13-19H2,1-7H3/t24-,25-,26+,27-,28+,29+,31+,32-,33+,34-,35+/m0/s1. The van der Waals surface area contributed by atoms with Gasteiger partial charge in [-0.05, 0) is 82.4 Å². The number of nitrogens with zero attached hydrogens (tertiary/aromatic N) is 1. The Morgan fingerprint density at radius 2 is 1.53 bits per heavy atom. The van der Waals surface area contributed by atoms with Crippen LogP contribution in [0.5, 0.6) is 0 Å². The molecule has 4 saturated carbocycles. The molecule has 43 heavy (non-hydrogen) atoms. The van der Waals surface area contributed by atoms with Crippen molar-refractivity contribution in [3.8, 4) is 0 Å². The van der Waals surface area contributed by atoms with Gasteiger partial charge < -0.3 is 19.1 Å². The summed E-state index contributed by atoms with van der Waals surface area (Å²) in [5, 5.41) is 0. The van der Waals surface area contributed by atoms with Gasteiger partial charge in [-0.2, -0.15) is 0 Å². The summed E-state index contributed by atoms with van der Waals surface area (Å²) in [7, 11) is 4.19. The van der Waals surface area contributed by atoms with E-state index in [1.165, 1.54) is 13.8 Å². The third-order valence-electron chi connectivity index (χ3n) is 12.0. The molecule has 1 aromatic carbocycles. The molecule has 11 atom stereocenters. The number of hydrogen-bond donors (Lipinski definition) is 0. The summed E-state index contributed by atoms with van der Waals surface area (Å²) in [6.07, 6.45) is 3.25. The number of Topliss-reactive ketones (excluding diaryl/α,β-unsaturated/α-hetero) is 1. The van der Waals surface area contributed by atoms with Gasteiger partial charge in [0.05, 0.1) is 6.42 Å². The predicted molar refractivity (Wildman–Crippen MR) is 161 cm³/mol. The smallest absolute Gasteiger partial charge is 0.310 e. The fourth-order valence-corrected chi connectivity index (χ4v) is 10.2. The van der Waals surface area contributed by atoms with Gasteiger partial charge in [-0.25, -0.2) is 0 Å². The molecule has 0 spiro atoms. The lowest BCUT2D eigenvalue weighted by atomic mass is 9.42. The van der Waals surface area contributed by atoms with Crippen LogP contribution >= 0.6 is 0 Å². The Bertz CT molecular complexity index is 1230. The second kappa shape index (κ2) is 12.0. The number of carbonyl (C=O) groups excluding carboxylic acids is 4. The Kier molecular flexibility index (Phi) is 8.83. The highest BCUT2D eigenvalue weighted by Crippen LogP contribution is 2.69. The number of rotatable bonds is 7. The minimum Gasteiger partial charge on any atom is -0.462 e. The first-order valence-electron chi connectivity index (χ1n) is 16.0. The van der Waals surface area contributed by atoms with E-state index in [0.717, 1.165) is 31.2 Å². The molecule has 4 aliphatic rings. The summed E-state index contributed by atoms with van der Waals surface area (Å²) in [6, 6.07) is 9.85. The molecule has 0 N–H and O–H groups in total. The minimum absolute atomic E-state index is 0.0391. The van der Waals surface area contributed by atoms with E-state index in [9.17, 15) is 19.2 Å². The maximum atomic E-state index is 13.7. The molecule has 1 aromatic rings. The quantitative estimate of drug-likeness (QED) is 0.320. The maximum absolute atomic E-state index is 13.7. The van der Waals surface area contributed by atoms with Crippen molar-refractivity contribution in [3.63, 3.8) is 0 Å². The number of fused-ring (bicyclic) bond motifs is 5. The summed E-state index contributed by atoms with van der Waals surface area (Å²) in [5.41, 5.74) is -0.188. The Labute approximate surface area is 256 Å². The van der Waals surface area contributed by atoms with Crippen LogP contribution in [0.4, 0.5) is 0 Å². The van der Waals surface area contributed by atoms with Gasteiger partial charge >= 0.3 is 17.9 Å². The Morgan fingerprint density at radius 1 is 0.860 bits per heavy atom. The first-order valence-corrected chi connectivity index (χ1v) is 16.0.